The van der Waals surface area contributed by atoms with Crippen LogP contribution in [0.2, 0.25) is 0 Å². The summed E-state index contributed by atoms with van der Waals surface area (Å²) in [6.07, 6.45) is 0. The van der Waals surface area contributed by atoms with E-state index in [1.165, 1.54) is 4.90 Å². The first-order valence-corrected chi connectivity index (χ1v) is 4.14. The topological polar surface area (TPSA) is 49.6 Å². The number of nitrogens with two attached hydrogens (primary N) is 1. The van der Waals surface area contributed by atoms with Crippen LogP contribution in [0.5, 0.6) is 0 Å². The van der Waals surface area contributed by atoms with Gasteiger partial charge in [0, 0.05) is 20.6 Å². The minimum Gasteiger partial charge on any atom is -0.392 e. The minimum absolute atomic E-state index is 0.0645. The molecule has 0 heterocycles. The summed E-state index contributed by atoms with van der Waals surface area (Å²) in [7, 11) is 3.41. The molecule has 4 nitrogen and oxygen atoms in total. The molecule has 0 aliphatic rings. The lowest BCUT2D eigenvalue weighted by atomic mass is 10.5. The fourth-order valence-electron chi connectivity index (χ4n) is 0.728. The normalized spacial score (nSPS) is 9.25. The Morgan fingerprint density at radius 2 is 1.92 bits per heavy atom. The molecule has 0 unspecified atom stereocenters. The highest BCUT2D eigenvalue weighted by atomic mass is 32.1. The van der Waals surface area contributed by atoms with E-state index >= 15 is 0 Å². The number of rotatable bonds is 3. The maximum absolute atomic E-state index is 11.3. The van der Waals surface area contributed by atoms with Crippen LogP contribution in [0, 0.1) is 0 Å². The van der Waals surface area contributed by atoms with Crippen molar-refractivity contribution in [1.82, 2.24) is 9.80 Å². The number of hydrogen-bond donors (Lipinski definition) is 1. The average Bonchev–Trinajstić information content (AvgIpc) is 2.00. The fraction of sp³-hybridized carbons (Fsp3) is 0.714. The highest BCUT2D eigenvalue weighted by Gasteiger charge is 2.12. The summed E-state index contributed by atoms with van der Waals surface area (Å²) in [5.74, 6) is 0. The van der Waals surface area contributed by atoms with Crippen LogP contribution in [0.3, 0.4) is 0 Å². The number of urea groups is 1. The van der Waals surface area contributed by atoms with Crippen molar-refractivity contribution in [1.29, 1.82) is 0 Å². The summed E-state index contributed by atoms with van der Waals surface area (Å²) < 4.78 is 0. The molecule has 0 aromatic rings. The second kappa shape index (κ2) is 4.92. The molecule has 2 amide bonds. The number of likely N-dealkylation sites (N-methyl/N-ethyl adjacent to an activating group) is 1. The fourth-order valence-corrected chi connectivity index (χ4v) is 0.922. The SMILES string of the molecule is CCN(C)C(=O)N(C)CC(N)=S. The standard InChI is InChI=1S/C7H15N3OS/c1-4-9(2)7(11)10(3)5-6(8)12/h4-5H2,1-3H3,(H2,8,12). The van der Waals surface area contributed by atoms with Gasteiger partial charge in [0.25, 0.3) is 0 Å². The number of thiocarbonyl (C=S) groups is 1. The summed E-state index contributed by atoms with van der Waals surface area (Å²) in [5, 5.41) is 0. The number of amides is 2. The molecule has 2 N–H and O–H groups in total. The van der Waals surface area contributed by atoms with Gasteiger partial charge in [0.05, 0.1) is 11.5 Å². The molecule has 0 fully saturated rings. The summed E-state index contributed by atoms with van der Waals surface area (Å²) in [6.45, 7) is 2.92. The van der Waals surface area contributed by atoms with Gasteiger partial charge in [-0.05, 0) is 6.92 Å². The van der Waals surface area contributed by atoms with E-state index in [0.29, 0.717) is 18.1 Å². The zero-order valence-corrected chi connectivity index (χ0v) is 8.52. The lowest BCUT2D eigenvalue weighted by Crippen LogP contribution is -2.42. The maximum Gasteiger partial charge on any atom is 0.319 e. The van der Waals surface area contributed by atoms with Crippen LogP contribution in [-0.2, 0) is 0 Å². The second-order valence-electron chi connectivity index (χ2n) is 2.62. The average molecular weight is 189 g/mol. The van der Waals surface area contributed by atoms with Crippen molar-refractivity contribution in [3.63, 3.8) is 0 Å². The van der Waals surface area contributed by atoms with E-state index < -0.39 is 0 Å². The van der Waals surface area contributed by atoms with E-state index in [1.807, 2.05) is 6.92 Å². The van der Waals surface area contributed by atoms with Gasteiger partial charge in [-0.3, -0.25) is 0 Å². The molecule has 5 heteroatoms. The Kier molecular flexibility index (Phi) is 4.58. The summed E-state index contributed by atoms with van der Waals surface area (Å²) >= 11 is 4.68. The first-order chi connectivity index (χ1) is 5.49. The van der Waals surface area contributed by atoms with E-state index in [-0.39, 0.29) is 6.03 Å². The third kappa shape index (κ3) is 3.52. The first kappa shape index (κ1) is 11.2. The van der Waals surface area contributed by atoms with Crippen molar-refractivity contribution in [3.05, 3.63) is 0 Å². The van der Waals surface area contributed by atoms with Crippen molar-refractivity contribution in [2.75, 3.05) is 27.2 Å². The maximum atomic E-state index is 11.3. The molecule has 0 saturated heterocycles. The Morgan fingerprint density at radius 3 is 2.25 bits per heavy atom. The summed E-state index contributed by atoms with van der Waals surface area (Å²) in [6, 6.07) is -0.0645. The number of hydrogen-bond acceptors (Lipinski definition) is 2. The van der Waals surface area contributed by atoms with Crippen LogP contribution >= 0.6 is 12.2 Å². The molecule has 0 rings (SSSR count). The first-order valence-electron chi connectivity index (χ1n) is 3.73. The summed E-state index contributed by atoms with van der Waals surface area (Å²) in [4.78, 5) is 14.8. The Hall–Kier alpha value is -0.840. The molecule has 0 atom stereocenters. The van der Waals surface area contributed by atoms with Crippen molar-refractivity contribution in [3.8, 4) is 0 Å². The predicted octanol–water partition coefficient (Wildman–Crippen LogP) is 0.276. The lowest BCUT2D eigenvalue weighted by molar-refractivity contribution is 0.181. The highest BCUT2D eigenvalue weighted by Crippen LogP contribution is 1.92. The molecule has 0 bridgehead atoms. The Labute approximate surface area is 78.3 Å². The van der Waals surface area contributed by atoms with Crippen LogP contribution in [0.25, 0.3) is 0 Å². The minimum atomic E-state index is -0.0645. The Bertz CT molecular complexity index is 183. The van der Waals surface area contributed by atoms with Crippen molar-refractivity contribution >= 4 is 23.2 Å². The zero-order valence-electron chi connectivity index (χ0n) is 7.70. The van der Waals surface area contributed by atoms with Gasteiger partial charge in [-0.1, -0.05) is 12.2 Å². The van der Waals surface area contributed by atoms with E-state index in [9.17, 15) is 4.79 Å². The third-order valence-corrected chi connectivity index (χ3v) is 1.65. The second-order valence-corrected chi connectivity index (χ2v) is 3.14. The molecule has 12 heavy (non-hydrogen) atoms. The molecule has 0 saturated carbocycles. The largest absolute Gasteiger partial charge is 0.392 e. The van der Waals surface area contributed by atoms with E-state index in [2.05, 4.69) is 12.2 Å². The Balaban J connectivity index is 4.01. The molecular weight excluding hydrogens is 174 g/mol. The van der Waals surface area contributed by atoms with Crippen molar-refractivity contribution in [2.45, 2.75) is 6.92 Å². The monoisotopic (exact) mass is 189 g/mol. The Morgan fingerprint density at radius 1 is 1.42 bits per heavy atom. The van der Waals surface area contributed by atoms with Crippen LogP contribution in [0.1, 0.15) is 6.92 Å². The molecule has 0 spiro atoms. The van der Waals surface area contributed by atoms with Gasteiger partial charge in [0.15, 0.2) is 0 Å². The molecule has 70 valence electrons. The zero-order chi connectivity index (χ0) is 9.72. The van der Waals surface area contributed by atoms with Gasteiger partial charge in [0.2, 0.25) is 0 Å². The van der Waals surface area contributed by atoms with Crippen molar-refractivity contribution in [2.24, 2.45) is 5.73 Å². The van der Waals surface area contributed by atoms with Crippen LogP contribution in [0.15, 0.2) is 0 Å². The van der Waals surface area contributed by atoms with Gasteiger partial charge in [-0.15, -0.1) is 0 Å². The number of carbonyl (C=O) groups is 1. The van der Waals surface area contributed by atoms with Gasteiger partial charge < -0.3 is 15.5 Å². The van der Waals surface area contributed by atoms with E-state index in [4.69, 9.17) is 5.73 Å². The van der Waals surface area contributed by atoms with Crippen LogP contribution in [-0.4, -0.2) is 48.0 Å². The van der Waals surface area contributed by atoms with Crippen molar-refractivity contribution < 1.29 is 4.79 Å². The van der Waals surface area contributed by atoms with Gasteiger partial charge in [-0.25, -0.2) is 4.79 Å². The van der Waals surface area contributed by atoms with Gasteiger partial charge in [0.1, 0.15) is 0 Å². The third-order valence-electron chi connectivity index (χ3n) is 1.52. The quantitative estimate of drug-likeness (QED) is 0.649. The molecule has 0 aliphatic heterocycles. The van der Waals surface area contributed by atoms with Gasteiger partial charge in [-0.2, -0.15) is 0 Å². The molecule has 0 aliphatic carbocycles. The van der Waals surface area contributed by atoms with Crippen LogP contribution < -0.4 is 5.73 Å². The predicted molar refractivity (Wildman–Crippen MR) is 53.1 cm³/mol. The van der Waals surface area contributed by atoms with Crippen LogP contribution in [0.4, 0.5) is 4.79 Å². The smallest absolute Gasteiger partial charge is 0.319 e. The molecular formula is C7H15N3OS. The molecule has 0 aromatic heterocycles. The summed E-state index contributed by atoms with van der Waals surface area (Å²) in [5.41, 5.74) is 5.29. The van der Waals surface area contributed by atoms with Gasteiger partial charge >= 0.3 is 6.03 Å². The number of nitrogens with zero attached hydrogens (tertiary/aromatic N) is 2. The highest BCUT2D eigenvalue weighted by molar-refractivity contribution is 7.80. The molecule has 0 radical (unpaired) electrons. The van der Waals surface area contributed by atoms with E-state index in [1.54, 1.807) is 19.0 Å². The number of carbonyl (C=O) groups excluding carboxylic acids is 1. The molecule has 0 aromatic carbocycles. The lowest BCUT2D eigenvalue weighted by Gasteiger charge is -2.23. The van der Waals surface area contributed by atoms with E-state index in [0.717, 1.165) is 0 Å².